The summed E-state index contributed by atoms with van der Waals surface area (Å²) in [6, 6.07) is 1.55. The topological polar surface area (TPSA) is 93.4 Å². The highest BCUT2D eigenvalue weighted by molar-refractivity contribution is 7.51. The second-order valence-electron chi connectivity index (χ2n) is 1.52. The standard InChI is InChI=1S/C3H6ClN2O3P/c4-3(1-5)6-2-10(7,8)9/h3,6H,2H2,(H2,7,8,9). The third-order valence-corrected chi connectivity index (χ3v) is 1.44. The van der Waals surface area contributed by atoms with Crippen molar-refractivity contribution in [2.75, 3.05) is 6.29 Å². The van der Waals surface area contributed by atoms with Crippen molar-refractivity contribution >= 4 is 19.2 Å². The van der Waals surface area contributed by atoms with Gasteiger partial charge in [0.25, 0.3) is 0 Å². The summed E-state index contributed by atoms with van der Waals surface area (Å²) in [7, 11) is -4.08. The molecule has 0 rings (SSSR count). The monoisotopic (exact) mass is 184 g/mol. The largest absolute Gasteiger partial charge is 0.339 e. The Balaban J connectivity index is 3.58. The number of rotatable bonds is 3. The van der Waals surface area contributed by atoms with Crippen molar-refractivity contribution in [3.63, 3.8) is 0 Å². The maximum atomic E-state index is 10.1. The Labute approximate surface area is 62.8 Å². The molecule has 0 saturated heterocycles. The number of nitriles is 1. The Morgan fingerprint density at radius 3 is 2.60 bits per heavy atom. The van der Waals surface area contributed by atoms with E-state index in [1.165, 1.54) is 0 Å². The van der Waals surface area contributed by atoms with Crippen molar-refractivity contribution < 1.29 is 14.4 Å². The number of hydrogen-bond acceptors (Lipinski definition) is 3. The van der Waals surface area contributed by atoms with E-state index in [9.17, 15) is 4.57 Å². The van der Waals surface area contributed by atoms with Gasteiger partial charge in [0.1, 0.15) is 6.29 Å². The Bertz CT molecular complexity index is 185. The first kappa shape index (κ1) is 9.89. The van der Waals surface area contributed by atoms with Gasteiger partial charge in [-0.2, -0.15) is 5.26 Å². The van der Waals surface area contributed by atoms with Crippen LogP contribution in [0.4, 0.5) is 0 Å². The minimum absolute atomic E-state index is 0.575. The second kappa shape index (κ2) is 3.91. The number of halogens is 1. The zero-order chi connectivity index (χ0) is 8.20. The first-order chi connectivity index (χ1) is 4.45. The minimum atomic E-state index is -4.08. The van der Waals surface area contributed by atoms with E-state index in [1.54, 1.807) is 6.07 Å². The van der Waals surface area contributed by atoms with E-state index < -0.39 is 19.4 Å². The Morgan fingerprint density at radius 1 is 1.80 bits per heavy atom. The summed E-state index contributed by atoms with van der Waals surface area (Å²) >= 11 is 5.16. The maximum absolute atomic E-state index is 10.1. The maximum Gasteiger partial charge on any atom is 0.339 e. The molecule has 0 aliphatic heterocycles. The van der Waals surface area contributed by atoms with Gasteiger partial charge in [-0.05, 0) is 0 Å². The predicted octanol–water partition coefficient (Wildman–Crippen LogP) is -0.200. The molecule has 0 fully saturated rings. The van der Waals surface area contributed by atoms with Gasteiger partial charge in [0.2, 0.25) is 0 Å². The summed E-state index contributed by atoms with van der Waals surface area (Å²) in [5.74, 6) is 0. The van der Waals surface area contributed by atoms with Crippen LogP contribution in [0.3, 0.4) is 0 Å². The lowest BCUT2D eigenvalue weighted by Crippen LogP contribution is -2.22. The van der Waals surface area contributed by atoms with Gasteiger partial charge in [-0.1, -0.05) is 11.6 Å². The number of hydrogen-bond donors (Lipinski definition) is 3. The molecule has 0 spiro atoms. The number of nitrogens with one attached hydrogen (secondary N) is 1. The molecule has 0 radical (unpaired) electrons. The van der Waals surface area contributed by atoms with Crippen LogP contribution < -0.4 is 5.32 Å². The van der Waals surface area contributed by atoms with Gasteiger partial charge in [-0.15, -0.1) is 0 Å². The van der Waals surface area contributed by atoms with Crippen LogP contribution >= 0.6 is 19.2 Å². The first-order valence-electron chi connectivity index (χ1n) is 2.27. The summed E-state index contributed by atoms with van der Waals surface area (Å²) < 4.78 is 10.1. The van der Waals surface area contributed by atoms with E-state index in [1.807, 2.05) is 0 Å². The van der Waals surface area contributed by atoms with Gasteiger partial charge in [0.15, 0.2) is 5.50 Å². The second-order valence-corrected chi connectivity index (χ2v) is 3.60. The fourth-order valence-corrected chi connectivity index (χ4v) is 0.850. The van der Waals surface area contributed by atoms with Crippen LogP contribution in [0.25, 0.3) is 0 Å². The zero-order valence-corrected chi connectivity index (χ0v) is 6.51. The SMILES string of the molecule is N#CC(Cl)NCP(=O)(O)O. The van der Waals surface area contributed by atoms with Gasteiger partial charge < -0.3 is 9.79 Å². The van der Waals surface area contributed by atoms with Crippen molar-refractivity contribution in [1.29, 1.82) is 5.26 Å². The summed E-state index contributed by atoms with van der Waals surface area (Å²) in [5.41, 5.74) is -1.05. The van der Waals surface area contributed by atoms with Crippen molar-refractivity contribution in [2.24, 2.45) is 0 Å². The molecule has 0 aromatic rings. The van der Waals surface area contributed by atoms with Crippen LogP contribution in [0, 0.1) is 11.3 Å². The minimum Gasteiger partial charge on any atom is -0.324 e. The van der Waals surface area contributed by atoms with E-state index in [4.69, 9.17) is 26.6 Å². The number of nitrogens with zero attached hydrogens (tertiary/aromatic N) is 1. The lowest BCUT2D eigenvalue weighted by atomic mass is 10.7. The molecule has 0 bridgehead atoms. The molecule has 7 heteroatoms. The third-order valence-electron chi connectivity index (χ3n) is 0.590. The molecule has 3 N–H and O–H groups in total. The van der Waals surface area contributed by atoms with Crippen LogP contribution in [-0.2, 0) is 4.57 Å². The van der Waals surface area contributed by atoms with Gasteiger partial charge in [-0.3, -0.25) is 9.88 Å². The predicted molar refractivity (Wildman–Crippen MR) is 35.3 cm³/mol. The highest BCUT2D eigenvalue weighted by Gasteiger charge is 2.13. The summed E-state index contributed by atoms with van der Waals surface area (Å²) in [6.45, 7) is 0. The fraction of sp³-hybridized carbons (Fsp3) is 0.667. The van der Waals surface area contributed by atoms with Crippen molar-refractivity contribution in [1.82, 2.24) is 5.32 Å². The highest BCUT2D eigenvalue weighted by Crippen LogP contribution is 2.32. The lowest BCUT2D eigenvalue weighted by molar-refractivity contribution is 0.368. The molecule has 58 valence electrons. The van der Waals surface area contributed by atoms with Crippen LogP contribution in [0.1, 0.15) is 0 Å². The molecule has 0 aliphatic rings. The smallest absolute Gasteiger partial charge is 0.324 e. The average Bonchev–Trinajstić information content (AvgIpc) is 1.81. The molecule has 1 atom stereocenters. The summed E-state index contributed by atoms with van der Waals surface area (Å²) in [6.07, 6.45) is -0.575. The quantitative estimate of drug-likeness (QED) is 0.321. The molecule has 5 nitrogen and oxygen atoms in total. The van der Waals surface area contributed by atoms with Crippen molar-refractivity contribution in [2.45, 2.75) is 5.50 Å². The van der Waals surface area contributed by atoms with Gasteiger partial charge in [0, 0.05) is 0 Å². The molecule has 10 heavy (non-hydrogen) atoms. The fourth-order valence-electron chi connectivity index (χ4n) is 0.245. The van der Waals surface area contributed by atoms with Crippen molar-refractivity contribution in [3.05, 3.63) is 0 Å². The molecule has 0 heterocycles. The van der Waals surface area contributed by atoms with Crippen molar-refractivity contribution in [3.8, 4) is 6.07 Å². The molecule has 1 unspecified atom stereocenters. The summed E-state index contributed by atoms with van der Waals surface area (Å²) in [4.78, 5) is 16.5. The summed E-state index contributed by atoms with van der Waals surface area (Å²) in [5, 5.41) is 10.1. The Kier molecular flexibility index (Phi) is 3.87. The van der Waals surface area contributed by atoms with E-state index in [0.29, 0.717) is 0 Å². The van der Waals surface area contributed by atoms with Crippen LogP contribution in [-0.4, -0.2) is 21.6 Å². The van der Waals surface area contributed by atoms with E-state index >= 15 is 0 Å². The average molecular weight is 185 g/mol. The van der Waals surface area contributed by atoms with Gasteiger partial charge in [0.05, 0.1) is 6.07 Å². The molecule has 0 aromatic carbocycles. The molecular weight excluding hydrogens is 178 g/mol. The van der Waals surface area contributed by atoms with Crippen LogP contribution in [0.5, 0.6) is 0 Å². The molecule has 0 amide bonds. The number of alkyl halides is 1. The van der Waals surface area contributed by atoms with Gasteiger partial charge >= 0.3 is 7.60 Å². The molecular formula is C3H6ClN2O3P. The van der Waals surface area contributed by atoms with Gasteiger partial charge in [-0.25, -0.2) is 0 Å². The Hall–Kier alpha value is -0.110. The normalized spacial score (nSPS) is 14.2. The molecule has 0 saturated carbocycles. The lowest BCUT2D eigenvalue weighted by Gasteiger charge is -2.04. The highest BCUT2D eigenvalue weighted by atomic mass is 35.5. The zero-order valence-electron chi connectivity index (χ0n) is 4.86. The molecule has 0 aliphatic carbocycles. The van der Waals surface area contributed by atoms with E-state index in [-0.39, 0.29) is 0 Å². The Morgan fingerprint density at radius 2 is 2.30 bits per heavy atom. The first-order valence-corrected chi connectivity index (χ1v) is 4.51. The van der Waals surface area contributed by atoms with E-state index in [0.717, 1.165) is 0 Å². The molecule has 0 aromatic heterocycles. The van der Waals surface area contributed by atoms with Crippen LogP contribution in [0.15, 0.2) is 0 Å². The van der Waals surface area contributed by atoms with Crippen LogP contribution in [0.2, 0.25) is 0 Å². The van der Waals surface area contributed by atoms with E-state index in [2.05, 4.69) is 5.32 Å². The third kappa shape index (κ3) is 6.02.